The van der Waals surface area contributed by atoms with E-state index in [0.29, 0.717) is 17.3 Å². The van der Waals surface area contributed by atoms with Crippen LogP contribution in [0.5, 0.6) is 5.75 Å². The van der Waals surface area contributed by atoms with Crippen LogP contribution < -0.4 is 20.9 Å². The maximum absolute atomic E-state index is 12.2. The van der Waals surface area contributed by atoms with Crippen molar-refractivity contribution < 1.29 is 9.53 Å². The molecule has 0 radical (unpaired) electrons. The molecule has 0 fully saturated rings. The monoisotopic (exact) mass is 419 g/mol. The minimum absolute atomic E-state index is 0.188. The van der Waals surface area contributed by atoms with Gasteiger partial charge < -0.3 is 10.1 Å². The molecule has 0 atom stereocenters. The number of carbonyl (C=O) groups is 1. The third-order valence-electron chi connectivity index (χ3n) is 4.29. The smallest absolute Gasteiger partial charge is 0.269 e. The Kier molecular flexibility index (Phi) is 7.40. The highest BCUT2D eigenvalue weighted by Gasteiger charge is 2.08. The summed E-state index contributed by atoms with van der Waals surface area (Å²) in [5.74, 6) is 0.561. The van der Waals surface area contributed by atoms with E-state index in [4.69, 9.17) is 17.0 Å². The molecule has 0 saturated heterocycles. The molecule has 3 aromatic carbocycles. The van der Waals surface area contributed by atoms with E-state index < -0.39 is 0 Å². The van der Waals surface area contributed by atoms with Crippen LogP contribution >= 0.6 is 12.2 Å². The molecule has 1 amide bonds. The number of ether oxygens (including phenoxy) is 1. The van der Waals surface area contributed by atoms with E-state index in [1.807, 2.05) is 68.4 Å². The molecular formula is C24H25N3O2S. The van der Waals surface area contributed by atoms with E-state index in [1.165, 1.54) is 0 Å². The van der Waals surface area contributed by atoms with Crippen LogP contribution in [0.4, 0.5) is 0 Å². The van der Waals surface area contributed by atoms with Crippen LogP contribution in [0.15, 0.2) is 78.9 Å². The summed E-state index contributed by atoms with van der Waals surface area (Å²) < 4.78 is 6.06. The zero-order chi connectivity index (χ0) is 21.3. The summed E-state index contributed by atoms with van der Waals surface area (Å²) in [5, 5.41) is 3.37. The fraction of sp³-hybridized carbons (Fsp3) is 0.167. The Morgan fingerprint density at radius 3 is 2.27 bits per heavy atom. The number of rotatable bonds is 6. The summed E-state index contributed by atoms with van der Waals surface area (Å²) in [4.78, 5) is 12.2. The molecule has 0 aliphatic heterocycles. The topological polar surface area (TPSA) is 62.4 Å². The van der Waals surface area contributed by atoms with Crippen molar-refractivity contribution in [3.05, 3.63) is 90.0 Å². The number of amides is 1. The van der Waals surface area contributed by atoms with E-state index in [2.05, 4.69) is 28.3 Å². The van der Waals surface area contributed by atoms with Crippen molar-refractivity contribution in [2.24, 2.45) is 0 Å². The first-order chi connectivity index (χ1) is 14.5. The SMILES string of the molecule is CC(C)NC(=S)NNC(=O)c1ccc(COc2ccccc2-c2ccccc2)cc1. The van der Waals surface area contributed by atoms with Crippen LogP contribution in [0, 0.1) is 0 Å². The van der Waals surface area contributed by atoms with E-state index >= 15 is 0 Å². The second kappa shape index (κ2) is 10.4. The Labute approximate surface area is 182 Å². The van der Waals surface area contributed by atoms with Gasteiger partial charge in [-0.15, -0.1) is 0 Å². The third kappa shape index (κ3) is 6.06. The van der Waals surface area contributed by atoms with E-state index in [-0.39, 0.29) is 11.9 Å². The highest BCUT2D eigenvalue weighted by atomic mass is 32.1. The molecule has 0 heterocycles. The number of para-hydroxylation sites is 1. The fourth-order valence-corrected chi connectivity index (χ4v) is 3.13. The fourth-order valence-electron chi connectivity index (χ4n) is 2.85. The van der Waals surface area contributed by atoms with Gasteiger partial charge in [-0.1, -0.05) is 60.7 Å². The highest BCUT2D eigenvalue weighted by Crippen LogP contribution is 2.30. The van der Waals surface area contributed by atoms with Gasteiger partial charge in [0.05, 0.1) is 0 Å². The Hall–Kier alpha value is -3.38. The number of thiocarbonyl (C=S) groups is 1. The molecule has 6 heteroatoms. The molecule has 0 aliphatic rings. The first kappa shape index (κ1) is 21.3. The molecule has 3 rings (SSSR count). The molecular weight excluding hydrogens is 394 g/mol. The predicted molar refractivity (Wildman–Crippen MR) is 124 cm³/mol. The average Bonchev–Trinajstić information content (AvgIpc) is 2.77. The van der Waals surface area contributed by atoms with Crippen LogP contribution in [0.3, 0.4) is 0 Å². The van der Waals surface area contributed by atoms with Crippen LogP contribution in [-0.4, -0.2) is 17.1 Å². The second-order valence-electron chi connectivity index (χ2n) is 7.06. The number of carbonyl (C=O) groups excluding carboxylic acids is 1. The zero-order valence-electron chi connectivity index (χ0n) is 17.0. The molecule has 0 unspecified atom stereocenters. The predicted octanol–water partition coefficient (Wildman–Crippen LogP) is 4.45. The Balaban J connectivity index is 1.58. The Bertz CT molecular complexity index is 989. The lowest BCUT2D eigenvalue weighted by Gasteiger charge is -2.14. The summed E-state index contributed by atoms with van der Waals surface area (Å²) in [6.07, 6.45) is 0. The first-order valence-corrected chi connectivity index (χ1v) is 10.2. The Morgan fingerprint density at radius 2 is 1.57 bits per heavy atom. The molecule has 5 nitrogen and oxygen atoms in total. The lowest BCUT2D eigenvalue weighted by Crippen LogP contribution is -2.48. The molecule has 154 valence electrons. The van der Waals surface area contributed by atoms with Gasteiger partial charge in [0.25, 0.3) is 5.91 Å². The standard InChI is InChI=1S/C24H25N3O2S/c1-17(2)25-24(30)27-26-23(28)20-14-12-18(13-15-20)16-29-22-11-7-6-10-21(22)19-8-4-3-5-9-19/h3-15,17H,16H2,1-2H3,(H,26,28)(H2,25,27,30). The van der Waals surface area contributed by atoms with Gasteiger partial charge in [0.1, 0.15) is 12.4 Å². The van der Waals surface area contributed by atoms with Crippen molar-refractivity contribution in [3.8, 4) is 16.9 Å². The van der Waals surface area contributed by atoms with Crippen molar-refractivity contribution in [1.29, 1.82) is 0 Å². The number of hydrogen-bond donors (Lipinski definition) is 3. The van der Waals surface area contributed by atoms with Crippen molar-refractivity contribution in [2.45, 2.75) is 26.5 Å². The van der Waals surface area contributed by atoms with Gasteiger partial charge in [-0.3, -0.25) is 15.6 Å². The summed E-state index contributed by atoms with van der Waals surface area (Å²) in [6.45, 7) is 4.34. The molecule has 0 spiro atoms. The van der Waals surface area contributed by atoms with Gasteiger partial charge in [-0.25, -0.2) is 0 Å². The van der Waals surface area contributed by atoms with E-state index in [0.717, 1.165) is 22.4 Å². The van der Waals surface area contributed by atoms with Crippen LogP contribution in [-0.2, 0) is 6.61 Å². The van der Waals surface area contributed by atoms with Gasteiger partial charge in [0.15, 0.2) is 5.11 Å². The molecule has 3 aromatic rings. The van der Waals surface area contributed by atoms with Crippen molar-refractivity contribution in [1.82, 2.24) is 16.2 Å². The molecule has 0 saturated carbocycles. The minimum atomic E-state index is -0.259. The minimum Gasteiger partial charge on any atom is -0.488 e. The van der Waals surface area contributed by atoms with Crippen molar-refractivity contribution in [3.63, 3.8) is 0 Å². The zero-order valence-corrected chi connectivity index (χ0v) is 17.8. The van der Waals surface area contributed by atoms with Gasteiger partial charge in [0, 0.05) is 17.2 Å². The number of hydrazine groups is 1. The maximum Gasteiger partial charge on any atom is 0.269 e. The first-order valence-electron chi connectivity index (χ1n) is 9.76. The highest BCUT2D eigenvalue weighted by molar-refractivity contribution is 7.80. The van der Waals surface area contributed by atoms with Crippen LogP contribution in [0.2, 0.25) is 0 Å². The van der Waals surface area contributed by atoms with Crippen molar-refractivity contribution >= 4 is 23.2 Å². The molecule has 0 bridgehead atoms. The summed E-state index contributed by atoms with van der Waals surface area (Å²) in [6, 6.07) is 25.6. The average molecular weight is 420 g/mol. The summed E-state index contributed by atoms with van der Waals surface area (Å²) in [7, 11) is 0. The largest absolute Gasteiger partial charge is 0.488 e. The van der Waals surface area contributed by atoms with Gasteiger partial charge in [-0.05, 0) is 55.4 Å². The number of hydrogen-bond acceptors (Lipinski definition) is 3. The normalized spacial score (nSPS) is 10.4. The van der Waals surface area contributed by atoms with Crippen LogP contribution in [0.1, 0.15) is 29.8 Å². The van der Waals surface area contributed by atoms with Gasteiger partial charge >= 0.3 is 0 Å². The summed E-state index contributed by atoms with van der Waals surface area (Å²) in [5.41, 5.74) is 8.93. The molecule has 30 heavy (non-hydrogen) atoms. The lowest BCUT2D eigenvalue weighted by molar-refractivity contribution is 0.0943. The number of benzene rings is 3. The quantitative estimate of drug-likeness (QED) is 0.407. The maximum atomic E-state index is 12.2. The number of nitrogens with one attached hydrogen (secondary N) is 3. The molecule has 3 N–H and O–H groups in total. The lowest BCUT2D eigenvalue weighted by atomic mass is 10.0. The van der Waals surface area contributed by atoms with Gasteiger partial charge in [-0.2, -0.15) is 0 Å². The van der Waals surface area contributed by atoms with E-state index in [9.17, 15) is 4.79 Å². The summed E-state index contributed by atoms with van der Waals surface area (Å²) >= 11 is 5.09. The molecule has 0 aliphatic carbocycles. The van der Waals surface area contributed by atoms with Gasteiger partial charge in [0.2, 0.25) is 0 Å². The second-order valence-corrected chi connectivity index (χ2v) is 7.46. The van der Waals surface area contributed by atoms with Crippen LogP contribution in [0.25, 0.3) is 11.1 Å². The Morgan fingerprint density at radius 1 is 0.900 bits per heavy atom. The van der Waals surface area contributed by atoms with Crippen molar-refractivity contribution in [2.75, 3.05) is 0 Å². The van der Waals surface area contributed by atoms with E-state index in [1.54, 1.807) is 12.1 Å². The third-order valence-corrected chi connectivity index (χ3v) is 4.51. The molecule has 0 aromatic heterocycles.